The van der Waals surface area contributed by atoms with Gasteiger partial charge in [-0.15, -0.1) is 13.2 Å². The van der Waals surface area contributed by atoms with Crippen molar-refractivity contribution in [3.05, 3.63) is 49.6 Å². The molecule has 1 aromatic carbocycles. The summed E-state index contributed by atoms with van der Waals surface area (Å²) in [6, 6.07) is 5.35. The summed E-state index contributed by atoms with van der Waals surface area (Å²) in [5.74, 6) is -2.44. The number of amides is 2. The van der Waals surface area contributed by atoms with Crippen molar-refractivity contribution in [2.24, 2.45) is 17.8 Å². The number of allylic oxidation sites excluding steroid dienone is 1. The molecule has 39 heavy (non-hydrogen) atoms. The number of nitrogens with zero attached hydrogens (tertiary/aromatic N) is 2. The molecule has 4 rings (SSSR count). The van der Waals surface area contributed by atoms with Gasteiger partial charge in [0.2, 0.25) is 5.91 Å². The van der Waals surface area contributed by atoms with E-state index >= 15 is 0 Å². The van der Waals surface area contributed by atoms with Crippen molar-refractivity contribution < 1.29 is 33.7 Å². The van der Waals surface area contributed by atoms with E-state index in [-0.39, 0.29) is 37.5 Å². The van der Waals surface area contributed by atoms with E-state index < -0.39 is 41.1 Å². The summed E-state index contributed by atoms with van der Waals surface area (Å²) in [7, 11) is 1.57. The van der Waals surface area contributed by atoms with Gasteiger partial charge in [0.15, 0.2) is 0 Å². The molecule has 2 amide bonds. The van der Waals surface area contributed by atoms with Crippen LogP contribution in [0.15, 0.2) is 49.6 Å². The molecule has 7 atom stereocenters. The van der Waals surface area contributed by atoms with Crippen molar-refractivity contribution in [3.8, 4) is 5.75 Å². The molecule has 2 bridgehead atoms. The number of anilines is 1. The number of unbranched alkanes of at least 4 members (excludes halogenated alkanes) is 1. The SMILES string of the molecule is C=CCCCOC(=O)[C@@H]1[C@H]2C(=O)N([C@H](C)CO)C(C(=O)N(CC=C)c3ccc(OC)cc3)C23CC(C)[C@@]1(C)O3. The molecule has 1 N–H and O–H groups in total. The molecule has 1 spiro atoms. The quantitative estimate of drug-likeness (QED) is 0.247. The third-order valence-electron chi connectivity index (χ3n) is 8.74. The Balaban J connectivity index is 1.77. The molecule has 9 nitrogen and oxygen atoms in total. The Hall–Kier alpha value is -3.17. The minimum Gasteiger partial charge on any atom is -0.497 e. The number of hydrogen-bond acceptors (Lipinski definition) is 7. The Morgan fingerprint density at radius 1 is 1.28 bits per heavy atom. The summed E-state index contributed by atoms with van der Waals surface area (Å²) in [5.41, 5.74) is -1.59. The Kier molecular flexibility index (Phi) is 8.23. The number of methoxy groups -OCH3 is 1. The molecular weight excluding hydrogens is 500 g/mol. The van der Waals surface area contributed by atoms with Crippen LogP contribution >= 0.6 is 0 Å². The van der Waals surface area contributed by atoms with E-state index in [4.69, 9.17) is 14.2 Å². The van der Waals surface area contributed by atoms with Crippen molar-refractivity contribution in [1.82, 2.24) is 4.90 Å². The number of benzene rings is 1. The highest BCUT2D eigenvalue weighted by Crippen LogP contribution is 2.65. The monoisotopic (exact) mass is 540 g/mol. The number of carbonyl (C=O) groups is 3. The van der Waals surface area contributed by atoms with Crippen LogP contribution in [-0.2, 0) is 23.9 Å². The second-order valence-corrected chi connectivity index (χ2v) is 11.0. The average molecular weight is 541 g/mol. The summed E-state index contributed by atoms with van der Waals surface area (Å²) in [6.45, 7) is 13.1. The standard InChI is InChI=1S/C30H40N2O7/c1-7-9-10-16-38-28(36)24-23-26(34)32(20(4)18-33)25(30(23)17-19(3)29(24,5)39-30)27(35)31(15-8-2)21-11-13-22(37-6)14-12-21/h7-8,11-14,19-20,23-25,33H,1-2,9-10,15-18H2,3-6H3/t19?,20-,23+,24+,25?,29-,30?/m1/s1. The summed E-state index contributed by atoms with van der Waals surface area (Å²) in [6.07, 6.45) is 5.14. The lowest BCUT2D eigenvalue weighted by Crippen LogP contribution is -2.58. The zero-order valence-corrected chi connectivity index (χ0v) is 23.3. The Bertz CT molecular complexity index is 1120. The molecule has 3 aliphatic heterocycles. The van der Waals surface area contributed by atoms with Gasteiger partial charge in [-0.2, -0.15) is 0 Å². The molecule has 0 aliphatic carbocycles. The van der Waals surface area contributed by atoms with Crippen LogP contribution in [0.2, 0.25) is 0 Å². The van der Waals surface area contributed by atoms with Gasteiger partial charge >= 0.3 is 5.97 Å². The van der Waals surface area contributed by atoms with Gasteiger partial charge in [-0.05, 0) is 63.3 Å². The Labute approximate surface area is 230 Å². The maximum atomic E-state index is 14.5. The maximum absolute atomic E-state index is 14.5. The first-order chi connectivity index (χ1) is 18.6. The van der Waals surface area contributed by atoms with E-state index in [1.807, 2.05) is 13.8 Å². The molecule has 212 valence electrons. The number of carbonyl (C=O) groups excluding carboxylic acids is 3. The molecular formula is C30H40N2O7. The summed E-state index contributed by atoms with van der Waals surface area (Å²) in [5, 5.41) is 10.1. The van der Waals surface area contributed by atoms with Crippen LogP contribution in [0.4, 0.5) is 5.69 Å². The zero-order chi connectivity index (χ0) is 28.5. The topological polar surface area (TPSA) is 106 Å². The summed E-state index contributed by atoms with van der Waals surface area (Å²) in [4.78, 5) is 45.1. The van der Waals surface area contributed by atoms with Crippen molar-refractivity contribution >= 4 is 23.5 Å². The lowest BCUT2D eigenvalue weighted by atomic mass is 9.62. The van der Waals surface area contributed by atoms with Gasteiger partial charge in [0.25, 0.3) is 5.91 Å². The van der Waals surface area contributed by atoms with Crippen LogP contribution in [0.5, 0.6) is 5.75 Å². The number of fused-ring (bicyclic) bond motifs is 1. The van der Waals surface area contributed by atoms with Gasteiger partial charge in [-0.1, -0.05) is 19.1 Å². The minimum absolute atomic E-state index is 0.110. The van der Waals surface area contributed by atoms with Crippen LogP contribution in [-0.4, -0.2) is 77.9 Å². The van der Waals surface area contributed by atoms with Crippen molar-refractivity contribution in [1.29, 1.82) is 0 Å². The molecule has 3 heterocycles. The van der Waals surface area contributed by atoms with E-state index in [1.165, 1.54) is 4.90 Å². The van der Waals surface area contributed by atoms with E-state index in [2.05, 4.69) is 13.2 Å². The highest BCUT2D eigenvalue weighted by Gasteiger charge is 2.80. The first-order valence-corrected chi connectivity index (χ1v) is 13.6. The van der Waals surface area contributed by atoms with Crippen molar-refractivity contribution in [2.45, 2.75) is 63.3 Å². The van der Waals surface area contributed by atoms with Crippen LogP contribution in [0, 0.1) is 17.8 Å². The fourth-order valence-electron chi connectivity index (χ4n) is 6.73. The maximum Gasteiger partial charge on any atom is 0.312 e. The highest BCUT2D eigenvalue weighted by atomic mass is 16.6. The van der Waals surface area contributed by atoms with Gasteiger partial charge in [0.1, 0.15) is 23.3 Å². The van der Waals surface area contributed by atoms with E-state index in [0.29, 0.717) is 30.7 Å². The van der Waals surface area contributed by atoms with Crippen molar-refractivity contribution in [3.63, 3.8) is 0 Å². The van der Waals surface area contributed by atoms with Crippen molar-refractivity contribution in [2.75, 3.05) is 31.8 Å². The smallest absolute Gasteiger partial charge is 0.312 e. The highest BCUT2D eigenvalue weighted by molar-refractivity contribution is 6.05. The normalized spacial score (nSPS) is 31.5. The number of ether oxygens (including phenoxy) is 3. The average Bonchev–Trinajstić information content (AvgIpc) is 3.45. The number of aliphatic hydroxyl groups excluding tert-OH is 1. The van der Waals surface area contributed by atoms with Crippen LogP contribution in [0.25, 0.3) is 0 Å². The molecule has 1 aromatic rings. The molecule has 3 saturated heterocycles. The van der Waals surface area contributed by atoms with Crippen LogP contribution < -0.4 is 9.64 Å². The number of likely N-dealkylation sites (tertiary alicyclic amines) is 1. The van der Waals surface area contributed by atoms with Gasteiger partial charge in [-0.3, -0.25) is 14.4 Å². The molecule has 3 unspecified atom stereocenters. The second kappa shape index (κ2) is 11.1. The lowest BCUT2D eigenvalue weighted by Gasteiger charge is -2.38. The zero-order valence-electron chi connectivity index (χ0n) is 23.3. The fraction of sp³-hybridized carbons (Fsp3) is 0.567. The first-order valence-electron chi connectivity index (χ1n) is 13.6. The lowest BCUT2D eigenvalue weighted by molar-refractivity contribution is -0.162. The van der Waals surface area contributed by atoms with Gasteiger partial charge < -0.3 is 29.1 Å². The number of esters is 1. The molecule has 0 radical (unpaired) electrons. The van der Waals surface area contributed by atoms with Gasteiger partial charge in [-0.25, -0.2) is 0 Å². The number of rotatable bonds is 12. The Morgan fingerprint density at radius 2 is 1.97 bits per heavy atom. The summed E-state index contributed by atoms with van der Waals surface area (Å²) >= 11 is 0. The molecule has 3 fully saturated rings. The van der Waals surface area contributed by atoms with E-state index in [1.54, 1.807) is 55.4 Å². The van der Waals surface area contributed by atoms with Crippen LogP contribution in [0.1, 0.15) is 40.0 Å². The number of hydrogen-bond donors (Lipinski definition) is 1. The Morgan fingerprint density at radius 3 is 2.56 bits per heavy atom. The first kappa shape index (κ1) is 28.8. The fourth-order valence-corrected chi connectivity index (χ4v) is 6.73. The second-order valence-electron chi connectivity index (χ2n) is 11.0. The molecule has 9 heteroatoms. The summed E-state index contributed by atoms with van der Waals surface area (Å²) < 4.78 is 17.6. The van der Waals surface area contributed by atoms with E-state index in [9.17, 15) is 19.5 Å². The van der Waals surface area contributed by atoms with Crippen LogP contribution in [0.3, 0.4) is 0 Å². The molecule has 3 aliphatic rings. The number of aliphatic hydroxyl groups is 1. The largest absolute Gasteiger partial charge is 0.497 e. The minimum atomic E-state index is -1.23. The third kappa shape index (κ3) is 4.55. The molecule has 0 aromatic heterocycles. The third-order valence-corrected chi connectivity index (χ3v) is 8.74. The van der Waals surface area contributed by atoms with Gasteiger partial charge in [0.05, 0.1) is 37.9 Å². The van der Waals surface area contributed by atoms with E-state index in [0.717, 1.165) is 0 Å². The molecule has 0 saturated carbocycles. The predicted octanol–water partition coefficient (Wildman–Crippen LogP) is 3.12. The predicted molar refractivity (Wildman–Crippen MR) is 146 cm³/mol. The van der Waals surface area contributed by atoms with Gasteiger partial charge in [0, 0.05) is 12.2 Å².